The minimum atomic E-state index is -3.80. The number of nitrogens with two attached hydrogens (primary N) is 1. The van der Waals surface area contributed by atoms with Gasteiger partial charge in [-0.2, -0.15) is 0 Å². The topological polar surface area (TPSA) is 106 Å². The largest absolute Gasteiger partial charge is 0.350 e. The van der Waals surface area contributed by atoms with Gasteiger partial charge in [-0.15, -0.1) is 0 Å². The number of benzene rings is 2. The molecule has 27 heavy (non-hydrogen) atoms. The Balaban J connectivity index is 1.95. The lowest BCUT2D eigenvalue weighted by molar-refractivity contribution is -0.121. The smallest absolute Gasteiger partial charge is 0.238 e. The molecule has 2 aromatic rings. The molecule has 144 valence electrons. The van der Waals surface area contributed by atoms with E-state index in [-0.39, 0.29) is 29.4 Å². The maximum atomic E-state index is 12.3. The first kappa shape index (κ1) is 20.8. The third-order valence-electron chi connectivity index (χ3n) is 4.47. The summed E-state index contributed by atoms with van der Waals surface area (Å²) in [5.74, 6) is -0.363. The molecule has 3 N–H and O–H groups in total. The fourth-order valence-electron chi connectivity index (χ4n) is 2.64. The average molecular weight is 388 g/mol. The zero-order valence-electron chi connectivity index (χ0n) is 15.7. The highest BCUT2D eigenvalue weighted by Gasteiger charge is 2.15. The first-order valence-corrected chi connectivity index (χ1v) is 10.1. The van der Waals surface area contributed by atoms with E-state index in [9.17, 15) is 18.0 Å². The van der Waals surface area contributed by atoms with Crippen LogP contribution in [0.1, 0.15) is 52.9 Å². The lowest BCUT2D eigenvalue weighted by Gasteiger charge is -2.15. The molecule has 1 unspecified atom stereocenters. The van der Waals surface area contributed by atoms with Gasteiger partial charge in [0.2, 0.25) is 15.9 Å². The van der Waals surface area contributed by atoms with Crippen molar-refractivity contribution in [3.8, 4) is 0 Å². The SMILES string of the molecule is Cc1ccc(C(=O)CCC(=O)NC(C)c2cccc(S(N)(=O)=O)c2)cc1C. The normalized spacial score (nSPS) is 12.4. The predicted octanol–water partition coefficient (Wildman–Crippen LogP) is 2.79. The molecular formula is C20H24N2O4S. The molecule has 0 heterocycles. The Morgan fingerprint density at radius 3 is 2.37 bits per heavy atom. The molecule has 2 aromatic carbocycles. The maximum absolute atomic E-state index is 12.3. The van der Waals surface area contributed by atoms with E-state index in [1.807, 2.05) is 26.0 Å². The molecule has 1 atom stereocenters. The van der Waals surface area contributed by atoms with Crippen LogP contribution >= 0.6 is 0 Å². The van der Waals surface area contributed by atoms with Crippen molar-refractivity contribution in [3.05, 3.63) is 64.7 Å². The van der Waals surface area contributed by atoms with E-state index >= 15 is 0 Å². The summed E-state index contributed by atoms with van der Waals surface area (Å²) in [5, 5.41) is 7.91. The number of carbonyl (C=O) groups is 2. The number of Topliss-reactive ketones (excluding diaryl/α,β-unsaturated/α-hetero) is 1. The maximum Gasteiger partial charge on any atom is 0.238 e. The van der Waals surface area contributed by atoms with Crippen LogP contribution in [0.2, 0.25) is 0 Å². The number of primary sulfonamides is 1. The average Bonchev–Trinajstić information content (AvgIpc) is 2.61. The molecular weight excluding hydrogens is 364 g/mol. The molecule has 0 aliphatic rings. The van der Waals surface area contributed by atoms with Gasteiger partial charge in [0.25, 0.3) is 0 Å². The zero-order chi connectivity index (χ0) is 20.2. The van der Waals surface area contributed by atoms with Crippen molar-refractivity contribution in [2.45, 2.75) is 44.6 Å². The number of rotatable bonds is 7. The number of carbonyl (C=O) groups excluding carboxylic acids is 2. The number of ketones is 1. The Morgan fingerprint density at radius 1 is 1.04 bits per heavy atom. The molecule has 0 radical (unpaired) electrons. The van der Waals surface area contributed by atoms with Crippen molar-refractivity contribution < 1.29 is 18.0 Å². The van der Waals surface area contributed by atoms with Crippen molar-refractivity contribution in [3.63, 3.8) is 0 Å². The fraction of sp³-hybridized carbons (Fsp3) is 0.300. The van der Waals surface area contributed by atoms with Crippen molar-refractivity contribution in [2.24, 2.45) is 5.14 Å². The first-order chi connectivity index (χ1) is 12.6. The highest BCUT2D eigenvalue weighted by molar-refractivity contribution is 7.89. The summed E-state index contributed by atoms with van der Waals surface area (Å²) in [6.07, 6.45) is 0.170. The van der Waals surface area contributed by atoms with E-state index in [1.165, 1.54) is 12.1 Å². The molecule has 0 saturated carbocycles. The quantitative estimate of drug-likeness (QED) is 0.711. The third kappa shape index (κ3) is 5.74. The Labute approximate surface area is 159 Å². The van der Waals surface area contributed by atoms with Crippen molar-refractivity contribution in [1.29, 1.82) is 0 Å². The van der Waals surface area contributed by atoms with Crippen molar-refractivity contribution in [2.75, 3.05) is 0 Å². The third-order valence-corrected chi connectivity index (χ3v) is 5.38. The number of hydrogen-bond acceptors (Lipinski definition) is 4. The molecule has 0 bridgehead atoms. The number of hydrogen-bond donors (Lipinski definition) is 2. The van der Waals surface area contributed by atoms with Gasteiger partial charge in [0, 0.05) is 18.4 Å². The van der Waals surface area contributed by atoms with Gasteiger partial charge in [0.15, 0.2) is 5.78 Å². The molecule has 0 aromatic heterocycles. The fourth-order valence-corrected chi connectivity index (χ4v) is 3.21. The summed E-state index contributed by atoms with van der Waals surface area (Å²) >= 11 is 0. The lowest BCUT2D eigenvalue weighted by Crippen LogP contribution is -2.27. The summed E-state index contributed by atoms with van der Waals surface area (Å²) in [6.45, 7) is 5.66. The van der Waals surface area contributed by atoms with Crippen molar-refractivity contribution in [1.82, 2.24) is 5.32 Å². The molecule has 6 nitrogen and oxygen atoms in total. The van der Waals surface area contributed by atoms with Gasteiger partial charge >= 0.3 is 0 Å². The molecule has 0 aliphatic carbocycles. The zero-order valence-corrected chi connectivity index (χ0v) is 16.5. The number of sulfonamides is 1. The van der Waals surface area contributed by atoms with Gasteiger partial charge in [-0.25, -0.2) is 13.6 Å². The molecule has 0 spiro atoms. The highest BCUT2D eigenvalue weighted by Crippen LogP contribution is 2.17. The lowest BCUT2D eigenvalue weighted by atomic mass is 10.0. The van der Waals surface area contributed by atoms with E-state index in [0.717, 1.165) is 11.1 Å². The second-order valence-electron chi connectivity index (χ2n) is 6.63. The van der Waals surface area contributed by atoms with E-state index in [0.29, 0.717) is 11.1 Å². The van der Waals surface area contributed by atoms with E-state index in [1.54, 1.807) is 25.1 Å². The van der Waals surface area contributed by atoms with Crippen LogP contribution in [0.4, 0.5) is 0 Å². The molecule has 0 saturated heterocycles. The van der Waals surface area contributed by atoms with Gasteiger partial charge < -0.3 is 5.32 Å². The molecule has 0 aliphatic heterocycles. The van der Waals surface area contributed by atoms with Gasteiger partial charge in [-0.3, -0.25) is 9.59 Å². The van der Waals surface area contributed by atoms with Gasteiger partial charge in [-0.05, 0) is 55.7 Å². The van der Waals surface area contributed by atoms with Gasteiger partial charge in [-0.1, -0.05) is 24.3 Å². The van der Waals surface area contributed by atoms with Crippen LogP contribution < -0.4 is 10.5 Å². The van der Waals surface area contributed by atoms with Crippen LogP contribution in [0.15, 0.2) is 47.4 Å². The van der Waals surface area contributed by atoms with Gasteiger partial charge in [0.1, 0.15) is 0 Å². The predicted molar refractivity (Wildman–Crippen MR) is 104 cm³/mol. The van der Waals surface area contributed by atoms with Crippen LogP contribution in [-0.2, 0) is 14.8 Å². The van der Waals surface area contributed by atoms with Crippen LogP contribution in [0, 0.1) is 13.8 Å². The summed E-state index contributed by atoms with van der Waals surface area (Å²) in [6, 6.07) is 11.2. The Morgan fingerprint density at radius 2 is 1.74 bits per heavy atom. The minimum absolute atomic E-state index is 0.00832. The number of aryl methyl sites for hydroxylation is 2. The molecule has 7 heteroatoms. The molecule has 0 fully saturated rings. The Kier molecular flexibility index (Phi) is 6.51. The van der Waals surface area contributed by atoms with E-state index in [4.69, 9.17) is 5.14 Å². The minimum Gasteiger partial charge on any atom is -0.350 e. The monoisotopic (exact) mass is 388 g/mol. The number of nitrogens with one attached hydrogen (secondary N) is 1. The second-order valence-corrected chi connectivity index (χ2v) is 8.19. The standard InChI is InChI=1S/C20H24N2O4S/c1-13-7-8-17(11-14(13)2)19(23)9-10-20(24)22-15(3)16-5-4-6-18(12-16)27(21,25)26/h4-8,11-12,15H,9-10H2,1-3H3,(H,22,24)(H2,21,25,26). The second kappa shape index (κ2) is 8.45. The molecule has 2 rings (SSSR count). The van der Waals surface area contributed by atoms with Crippen LogP contribution in [-0.4, -0.2) is 20.1 Å². The molecule has 1 amide bonds. The van der Waals surface area contributed by atoms with E-state index < -0.39 is 16.1 Å². The summed E-state index contributed by atoms with van der Waals surface area (Å²) < 4.78 is 22.9. The highest BCUT2D eigenvalue weighted by atomic mass is 32.2. The van der Waals surface area contributed by atoms with Crippen molar-refractivity contribution >= 4 is 21.7 Å². The van der Waals surface area contributed by atoms with E-state index in [2.05, 4.69) is 5.32 Å². The van der Waals surface area contributed by atoms with Crippen LogP contribution in [0.5, 0.6) is 0 Å². The number of amides is 1. The van der Waals surface area contributed by atoms with Gasteiger partial charge in [0.05, 0.1) is 10.9 Å². The summed E-state index contributed by atoms with van der Waals surface area (Å²) in [7, 11) is -3.80. The Bertz CT molecular complexity index is 968. The first-order valence-electron chi connectivity index (χ1n) is 8.60. The Hall–Kier alpha value is -2.51. The summed E-state index contributed by atoms with van der Waals surface area (Å²) in [4.78, 5) is 24.4. The van der Waals surface area contributed by atoms with Crippen LogP contribution in [0.25, 0.3) is 0 Å². The van der Waals surface area contributed by atoms with Crippen LogP contribution in [0.3, 0.4) is 0 Å². The summed E-state index contributed by atoms with van der Waals surface area (Å²) in [5.41, 5.74) is 3.36.